The Morgan fingerprint density at radius 3 is 2.94 bits per heavy atom. The normalized spacial score (nSPS) is 9.83. The zero-order valence-corrected chi connectivity index (χ0v) is 9.75. The smallest absolute Gasteiger partial charge is 0.260 e. The maximum Gasteiger partial charge on any atom is 0.260 e. The van der Waals surface area contributed by atoms with Gasteiger partial charge in [0.15, 0.2) is 5.82 Å². The molecule has 0 aliphatic heterocycles. The number of aromatic nitrogens is 2. The van der Waals surface area contributed by atoms with Gasteiger partial charge in [-0.2, -0.15) is 0 Å². The van der Waals surface area contributed by atoms with Crippen LogP contribution in [0.25, 0.3) is 0 Å². The lowest BCUT2D eigenvalue weighted by molar-refractivity contribution is 0.102. The summed E-state index contributed by atoms with van der Waals surface area (Å²) >= 11 is 0. The second kappa shape index (κ2) is 5.13. The number of amides is 1. The number of carbonyl (C=O) groups excluding carboxylic acids is 1. The number of nitrogens with zero attached hydrogens (tertiary/aromatic N) is 2. The van der Waals surface area contributed by atoms with Crippen molar-refractivity contribution in [1.82, 2.24) is 9.97 Å². The van der Waals surface area contributed by atoms with Crippen molar-refractivity contribution in [2.75, 3.05) is 18.2 Å². The Balaban J connectivity index is 2.25. The molecule has 0 radical (unpaired) electrons. The summed E-state index contributed by atoms with van der Waals surface area (Å²) in [4.78, 5) is 19.9. The van der Waals surface area contributed by atoms with E-state index in [1.54, 1.807) is 24.4 Å². The molecule has 2 aromatic heterocycles. The molecule has 0 saturated heterocycles. The molecule has 0 spiro atoms. The molecule has 0 saturated carbocycles. The van der Waals surface area contributed by atoms with E-state index in [0.717, 1.165) is 0 Å². The molecule has 3 N–H and O–H groups in total. The summed E-state index contributed by atoms with van der Waals surface area (Å²) < 4.78 is 5.06. The molecule has 18 heavy (non-hydrogen) atoms. The maximum absolute atomic E-state index is 12.0. The molecule has 92 valence electrons. The molecular weight excluding hydrogens is 232 g/mol. The maximum atomic E-state index is 12.0. The van der Waals surface area contributed by atoms with Crippen LogP contribution >= 0.6 is 0 Å². The van der Waals surface area contributed by atoms with Crippen molar-refractivity contribution in [3.63, 3.8) is 0 Å². The highest BCUT2D eigenvalue weighted by Crippen LogP contribution is 2.19. The third-order valence-corrected chi connectivity index (χ3v) is 2.32. The minimum absolute atomic E-state index is 0.321. The van der Waals surface area contributed by atoms with Crippen molar-refractivity contribution < 1.29 is 9.53 Å². The van der Waals surface area contributed by atoms with Crippen LogP contribution < -0.4 is 15.8 Å². The number of rotatable bonds is 3. The van der Waals surface area contributed by atoms with Crippen molar-refractivity contribution >= 4 is 17.4 Å². The number of nitrogen functional groups attached to an aromatic ring is 1. The average molecular weight is 244 g/mol. The van der Waals surface area contributed by atoms with E-state index >= 15 is 0 Å². The van der Waals surface area contributed by atoms with Crippen LogP contribution in [0.1, 0.15) is 10.4 Å². The lowest BCUT2D eigenvalue weighted by atomic mass is 10.2. The van der Waals surface area contributed by atoms with Crippen molar-refractivity contribution in [2.45, 2.75) is 0 Å². The van der Waals surface area contributed by atoms with Crippen LogP contribution in [0.3, 0.4) is 0 Å². The Hall–Kier alpha value is -2.63. The van der Waals surface area contributed by atoms with Gasteiger partial charge in [0, 0.05) is 12.4 Å². The van der Waals surface area contributed by atoms with Gasteiger partial charge in [0.2, 0.25) is 0 Å². The number of methoxy groups -OCH3 is 1. The Morgan fingerprint density at radius 1 is 1.39 bits per heavy atom. The molecule has 0 aliphatic carbocycles. The van der Waals surface area contributed by atoms with E-state index in [0.29, 0.717) is 22.8 Å². The van der Waals surface area contributed by atoms with Gasteiger partial charge < -0.3 is 15.8 Å². The topological polar surface area (TPSA) is 90.1 Å². The Bertz CT molecular complexity index is 572. The molecule has 6 heteroatoms. The molecule has 0 atom stereocenters. The number of carbonyl (C=O) groups is 1. The standard InChI is InChI=1S/C12H12N4O2/c1-18-10-7-14-6-4-8(10)12(17)16-11-9(13)3-2-5-15-11/h2-7H,13H2,1H3,(H,15,16,17). The monoisotopic (exact) mass is 244 g/mol. The lowest BCUT2D eigenvalue weighted by Gasteiger charge is -2.09. The molecule has 0 unspecified atom stereocenters. The van der Waals surface area contributed by atoms with Gasteiger partial charge >= 0.3 is 0 Å². The van der Waals surface area contributed by atoms with Gasteiger partial charge in [-0.1, -0.05) is 0 Å². The van der Waals surface area contributed by atoms with E-state index in [4.69, 9.17) is 10.5 Å². The highest BCUT2D eigenvalue weighted by atomic mass is 16.5. The number of ether oxygens (including phenoxy) is 1. The predicted octanol–water partition coefficient (Wildman–Crippen LogP) is 1.32. The SMILES string of the molecule is COc1cnccc1C(=O)Nc1ncccc1N. The van der Waals surface area contributed by atoms with Crippen molar-refractivity contribution in [1.29, 1.82) is 0 Å². The number of nitrogens with one attached hydrogen (secondary N) is 1. The molecule has 0 aliphatic rings. The molecular formula is C12H12N4O2. The van der Waals surface area contributed by atoms with E-state index in [9.17, 15) is 4.79 Å². The van der Waals surface area contributed by atoms with Gasteiger partial charge in [-0.05, 0) is 18.2 Å². The molecule has 6 nitrogen and oxygen atoms in total. The van der Waals surface area contributed by atoms with Gasteiger partial charge in [0.05, 0.1) is 24.6 Å². The van der Waals surface area contributed by atoms with Gasteiger partial charge in [0.25, 0.3) is 5.91 Å². The van der Waals surface area contributed by atoms with E-state index in [2.05, 4.69) is 15.3 Å². The zero-order chi connectivity index (χ0) is 13.0. The highest BCUT2D eigenvalue weighted by Gasteiger charge is 2.13. The molecule has 2 heterocycles. The summed E-state index contributed by atoms with van der Waals surface area (Å²) in [5.41, 5.74) is 6.47. The number of hydrogen-bond acceptors (Lipinski definition) is 5. The first-order valence-electron chi connectivity index (χ1n) is 5.22. The summed E-state index contributed by atoms with van der Waals surface area (Å²) in [5.74, 6) is 0.366. The quantitative estimate of drug-likeness (QED) is 0.849. The number of nitrogens with two attached hydrogens (primary N) is 1. The minimum atomic E-state index is -0.348. The first-order valence-corrected chi connectivity index (χ1v) is 5.22. The van der Waals surface area contributed by atoms with Gasteiger partial charge in [-0.3, -0.25) is 9.78 Å². The summed E-state index contributed by atoms with van der Waals surface area (Å²) in [6.45, 7) is 0. The van der Waals surface area contributed by atoms with Crippen LogP contribution in [-0.2, 0) is 0 Å². The summed E-state index contributed by atoms with van der Waals surface area (Å²) in [6, 6.07) is 4.91. The molecule has 0 aromatic carbocycles. The van der Waals surface area contributed by atoms with Crippen LogP contribution in [0, 0.1) is 0 Å². The van der Waals surface area contributed by atoms with Crippen LogP contribution in [-0.4, -0.2) is 23.0 Å². The summed E-state index contributed by atoms with van der Waals surface area (Å²) in [5, 5.41) is 2.62. The molecule has 1 amide bonds. The van der Waals surface area contributed by atoms with E-state index in [1.807, 2.05) is 0 Å². The fourth-order valence-electron chi connectivity index (χ4n) is 1.43. The van der Waals surface area contributed by atoms with Crippen molar-refractivity contribution in [3.8, 4) is 5.75 Å². The Labute approximate surface area is 104 Å². The fourth-order valence-corrected chi connectivity index (χ4v) is 1.43. The second-order valence-corrected chi connectivity index (χ2v) is 3.47. The number of anilines is 2. The largest absolute Gasteiger partial charge is 0.494 e. The minimum Gasteiger partial charge on any atom is -0.494 e. The highest BCUT2D eigenvalue weighted by molar-refractivity contribution is 6.06. The molecule has 0 bridgehead atoms. The van der Waals surface area contributed by atoms with E-state index < -0.39 is 0 Å². The first-order chi connectivity index (χ1) is 8.72. The van der Waals surface area contributed by atoms with Gasteiger partial charge in [-0.25, -0.2) is 4.98 Å². The fraction of sp³-hybridized carbons (Fsp3) is 0.0833. The Kier molecular flexibility index (Phi) is 3.38. The van der Waals surface area contributed by atoms with Gasteiger partial charge in [0.1, 0.15) is 5.75 Å². The summed E-state index contributed by atoms with van der Waals surface area (Å²) in [6.07, 6.45) is 4.53. The zero-order valence-electron chi connectivity index (χ0n) is 9.75. The van der Waals surface area contributed by atoms with Gasteiger partial charge in [-0.15, -0.1) is 0 Å². The van der Waals surface area contributed by atoms with Crippen LogP contribution in [0.5, 0.6) is 5.75 Å². The lowest BCUT2D eigenvalue weighted by Crippen LogP contribution is -2.15. The third kappa shape index (κ3) is 2.37. The van der Waals surface area contributed by atoms with E-state index in [-0.39, 0.29) is 5.91 Å². The van der Waals surface area contributed by atoms with Crippen LogP contribution in [0.2, 0.25) is 0 Å². The third-order valence-electron chi connectivity index (χ3n) is 2.32. The van der Waals surface area contributed by atoms with Crippen LogP contribution in [0.15, 0.2) is 36.8 Å². The number of hydrogen-bond donors (Lipinski definition) is 2. The average Bonchev–Trinajstić information content (AvgIpc) is 2.41. The number of pyridine rings is 2. The Morgan fingerprint density at radius 2 is 2.22 bits per heavy atom. The predicted molar refractivity (Wildman–Crippen MR) is 67.4 cm³/mol. The molecule has 0 fully saturated rings. The summed E-state index contributed by atoms with van der Waals surface area (Å²) in [7, 11) is 1.48. The van der Waals surface area contributed by atoms with Crippen LogP contribution in [0.4, 0.5) is 11.5 Å². The van der Waals surface area contributed by atoms with E-state index in [1.165, 1.54) is 19.5 Å². The molecule has 2 aromatic rings. The first kappa shape index (κ1) is 11.8. The second-order valence-electron chi connectivity index (χ2n) is 3.47. The molecule has 2 rings (SSSR count). The van der Waals surface area contributed by atoms with Crippen molar-refractivity contribution in [3.05, 3.63) is 42.4 Å². The van der Waals surface area contributed by atoms with Crippen molar-refractivity contribution in [2.24, 2.45) is 0 Å².